The summed E-state index contributed by atoms with van der Waals surface area (Å²) in [5.41, 5.74) is -0.270. The molecule has 5 nitrogen and oxygen atoms in total. The molecule has 1 atom stereocenters. The van der Waals surface area contributed by atoms with Gasteiger partial charge in [-0.2, -0.15) is 13.2 Å². The summed E-state index contributed by atoms with van der Waals surface area (Å²) in [6.45, 7) is 4.62. The quantitative estimate of drug-likeness (QED) is 0.433. The lowest BCUT2D eigenvalue weighted by Gasteiger charge is -2.22. The summed E-state index contributed by atoms with van der Waals surface area (Å²) in [7, 11) is 0. The molecule has 0 spiro atoms. The van der Waals surface area contributed by atoms with E-state index in [0.29, 0.717) is 40.5 Å². The second kappa shape index (κ2) is 10.9. The Morgan fingerprint density at radius 2 is 1.85 bits per heavy atom. The van der Waals surface area contributed by atoms with Gasteiger partial charge in [-0.25, -0.2) is 0 Å². The van der Waals surface area contributed by atoms with Crippen molar-refractivity contribution in [1.29, 1.82) is 5.41 Å². The minimum atomic E-state index is -4.79. The van der Waals surface area contributed by atoms with Crippen molar-refractivity contribution in [3.63, 3.8) is 0 Å². The van der Waals surface area contributed by atoms with Crippen LogP contribution >= 0.6 is 11.6 Å². The van der Waals surface area contributed by atoms with Gasteiger partial charge in [0, 0.05) is 23.8 Å². The van der Waals surface area contributed by atoms with E-state index in [1.165, 1.54) is 0 Å². The van der Waals surface area contributed by atoms with Crippen LogP contribution in [0.2, 0.25) is 5.02 Å². The van der Waals surface area contributed by atoms with Crippen LogP contribution in [0.3, 0.4) is 0 Å². The normalized spacial score (nSPS) is 17.1. The number of halogens is 4. The highest BCUT2D eigenvalue weighted by Crippen LogP contribution is 2.27. The lowest BCUT2D eigenvalue weighted by molar-refractivity contribution is -0.0583. The monoisotopic (exact) mass is 478 g/mol. The van der Waals surface area contributed by atoms with Crippen LogP contribution in [0.25, 0.3) is 5.70 Å². The van der Waals surface area contributed by atoms with Crippen molar-refractivity contribution in [2.75, 3.05) is 25.0 Å². The van der Waals surface area contributed by atoms with E-state index < -0.39 is 11.9 Å². The number of carbonyl (C=O) groups is 1. The third-order valence-corrected chi connectivity index (χ3v) is 5.93. The zero-order chi connectivity index (χ0) is 24.0. The molecule has 176 valence electrons. The molecule has 2 aromatic rings. The maximum absolute atomic E-state index is 13.0. The van der Waals surface area contributed by atoms with Crippen molar-refractivity contribution in [1.82, 2.24) is 10.2 Å². The summed E-state index contributed by atoms with van der Waals surface area (Å²) in [6.07, 6.45) is -1.93. The average molecular weight is 479 g/mol. The topological polar surface area (TPSA) is 68.2 Å². The number of para-hydroxylation sites is 1. The second-order valence-electron chi connectivity index (χ2n) is 7.79. The number of rotatable bonds is 8. The van der Waals surface area contributed by atoms with Crippen LogP contribution in [0.15, 0.2) is 54.6 Å². The van der Waals surface area contributed by atoms with Gasteiger partial charge in [-0.3, -0.25) is 15.1 Å². The van der Waals surface area contributed by atoms with Gasteiger partial charge in [0.05, 0.1) is 10.7 Å². The van der Waals surface area contributed by atoms with Crippen molar-refractivity contribution < 1.29 is 18.0 Å². The maximum atomic E-state index is 13.0. The number of amides is 1. The van der Waals surface area contributed by atoms with E-state index in [4.69, 9.17) is 17.0 Å². The van der Waals surface area contributed by atoms with E-state index in [1.807, 2.05) is 0 Å². The molecule has 1 saturated heterocycles. The Morgan fingerprint density at radius 1 is 1.18 bits per heavy atom. The Morgan fingerprint density at radius 3 is 2.48 bits per heavy atom. The van der Waals surface area contributed by atoms with Crippen molar-refractivity contribution >= 4 is 34.6 Å². The maximum Gasteiger partial charge on any atom is 0.432 e. The van der Waals surface area contributed by atoms with Gasteiger partial charge in [0.15, 0.2) is 0 Å². The molecule has 1 aliphatic rings. The standard InChI is InChI=1S/C24H26ClF3N4O/c1-2-32-13-5-6-18(32)15-30-23(33)17-11-9-16(10-12-17)21(14-22(29)24(26,27)28)31-20-8-4-3-7-19(20)25/h3-4,7-12,14,18,29,31H,2,5-6,13,15H2,1H3,(H,30,33)/b21-14-,29-22?. The van der Waals surface area contributed by atoms with Gasteiger partial charge in [-0.1, -0.05) is 42.8 Å². The molecule has 1 aliphatic heterocycles. The van der Waals surface area contributed by atoms with Gasteiger partial charge in [0.25, 0.3) is 5.91 Å². The van der Waals surface area contributed by atoms with Crippen molar-refractivity contribution in [3.8, 4) is 0 Å². The van der Waals surface area contributed by atoms with Crippen LogP contribution in [0, 0.1) is 5.41 Å². The first-order chi connectivity index (χ1) is 15.7. The summed E-state index contributed by atoms with van der Waals surface area (Å²) in [4.78, 5) is 14.9. The zero-order valence-electron chi connectivity index (χ0n) is 18.2. The van der Waals surface area contributed by atoms with Crippen LogP contribution in [0.1, 0.15) is 35.7 Å². The Balaban J connectivity index is 1.77. The van der Waals surface area contributed by atoms with E-state index in [9.17, 15) is 18.0 Å². The summed E-state index contributed by atoms with van der Waals surface area (Å²) >= 11 is 6.14. The van der Waals surface area contributed by atoms with E-state index in [2.05, 4.69) is 22.5 Å². The number of hydrogen-bond acceptors (Lipinski definition) is 4. The molecule has 1 unspecified atom stereocenters. The fraction of sp³-hybridized carbons (Fsp3) is 0.333. The van der Waals surface area contributed by atoms with E-state index in [-0.39, 0.29) is 11.6 Å². The first kappa shape index (κ1) is 24.8. The molecule has 1 fully saturated rings. The molecule has 0 aliphatic carbocycles. The predicted octanol–water partition coefficient (Wildman–Crippen LogP) is 5.59. The van der Waals surface area contributed by atoms with Gasteiger partial charge in [0.1, 0.15) is 5.71 Å². The number of carbonyl (C=O) groups excluding carboxylic acids is 1. The fourth-order valence-corrected chi connectivity index (χ4v) is 3.96. The molecule has 3 N–H and O–H groups in total. The minimum absolute atomic E-state index is 0.0435. The first-order valence-corrected chi connectivity index (χ1v) is 11.1. The third kappa shape index (κ3) is 6.58. The summed E-state index contributed by atoms with van der Waals surface area (Å²) in [5, 5.41) is 13.5. The van der Waals surface area contributed by atoms with Crippen molar-refractivity contribution in [2.24, 2.45) is 0 Å². The van der Waals surface area contributed by atoms with Crippen LogP contribution in [0.5, 0.6) is 0 Å². The molecule has 0 saturated carbocycles. The van der Waals surface area contributed by atoms with Crippen molar-refractivity contribution in [3.05, 3.63) is 70.8 Å². The number of alkyl halides is 3. The number of benzene rings is 2. The third-order valence-electron chi connectivity index (χ3n) is 5.60. The van der Waals surface area contributed by atoms with E-state index >= 15 is 0 Å². The molecule has 1 amide bonds. The van der Waals surface area contributed by atoms with Gasteiger partial charge < -0.3 is 10.6 Å². The van der Waals surface area contributed by atoms with Crippen LogP contribution in [-0.4, -0.2) is 48.4 Å². The lowest BCUT2D eigenvalue weighted by Crippen LogP contribution is -2.40. The molecule has 9 heteroatoms. The molecule has 0 radical (unpaired) electrons. The fourth-order valence-electron chi connectivity index (χ4n) is 3.78. The van der Waals surface area contributed by atoms with Crippen LogP contribution in [0.4, 0.5) is 18.9 Å². The highest BCUT2D eigenvalue weighted by Gasteiger charge is 2.33. The van der Waals surface area contributed by atoms with E-state index in [0.717, 1.165) is 25.9 Å². The van der Waals surface area contributed by atoms with Gasteiger partial charge in [-0.05, 0) is 61.8 Å². The second-order valence-corrected chi connectivity index (χ2v) is 8.19. The molecule has 2 aromatic carbocycles. The number of likely N-dealkylation sites (N-methyl/N-ethyl adjacent to an activating group) is 1. The molecule has 0 aromatic heterocycles. The molecule has 3 rings (SSSR count). The smallest absolute Gasteiger partial charge is 0.354 e. The summed E-state index contributed by atoms with van der Waals surface area (Å²) in [5.74, 6) is -0.239. The highest BCUT2D eigenvalue weighted by molar-refractivity contribution is 6.33. The highest BCUT2D eigenvalue weighted by atomic mass is 35.5. The zero-order valence-corrected chi connectivity index (χ0v) is 18.9. The molecule has 0 bridgehead atoms. The van der Waals surface area contributed by atoms with Crippen LogP contribution < -0.4 is 10.6 Å². The average Bonchev–Trinajstić information content (AvgIpc) is 3.25. The SMILES string of the molecule is CCN1CCCC1CNC(=O)c1ccc(/C(=C/C(=N)C(F)(F)F)Nc2ccccc2Cl)cc1. The first-order valence-electron chi connectivity index (χ1n) is 10.7. The van der Waals surface area contributed by atoms with Gasteiger partial charge >= 0.3 is 6.18 Å². The number of nitrogens with zero attached hydrogens (tertiary/aromatic N) is 1. The van der Waals surface area contributed by atoms with Crippen LogP contribution in [-0.2, 0) is 0 Å². The number of nitrogens with one attached hydrogen (secondary N) is 3. The number of likely N-dealkylation sites (tertiary alicyclic amines) is 1. The summed E-state index contributed by atoms with van der Waals surface area (Å²) in [6, 6.07) is 13.1. The summed E-state index contributed by atoms with van der Waals surface area (Å²) < 4.78 is 39.0. The minimum Gasteiger partial charge on any atom is -0.354 e. The van der Waals surface area contributed by atoms with Gasteiger partial charge in [-0.15, -0.1) is 0 Å². The lowest BCUT2D eigenvalue weighted by atomic mass is 10.1. The number of hydrogen-bond donors (Lipinski definition) is 3. The molecular weight excluding hydrogens is 453 g/mol. The molecule has 33 heavy (non-hydrogen) atoms. The molecular formula is C24H26ClF3N4O. The Kier molecular flexibility index (Phi) is 8.15. The van der Waals surface area contributed by atoms with Crippen molar-refractivity contribution in [2.45, 2.75) is 32.0 Å². The Hall–Kier alpha value is -2.84. The Labute approximate surface area is 196 Å². The van der Waals surface area contributed by atoms with E-state index in [1.54, 1.807) is 48.5 Å². The molecule has 1 heterocycles. The Bertz CT molecular complexity index is 1020. The number of allylic oxidation sites excluding steroid dienone is 1. The van der Waals surface area contributed by atoms with Gasteiger partial charge in [0.2, 0.25) is 0 Å². The largest absolute Gasteiger partial charge is 0.432 e. The predicted molar refractivity (Wildman–Crippen MR) is 126 cm³/mol. The number of anilines is 1.